The molecular weight excluding hydrogens is 360 g/mol. The molecule has 1 N–H and O–H groups in total. The fraction of sp³-hybridized carbons (Fsp3) is 0.143. The van der Waals surface area contributed by atoms with Crippen molar-refractivity contribution in [3.8, 4) is 0 Å². The molecule has 0 fully saturated rings. The zero-order chi connectivity index (χ0) is 18.6. The molecule has 0 atom stereocenters. The minimum absolute atomic E-state index is 0.0631. The first-order valence-corrected chi connectivity index (χ1v) is 9.53. The third-order valence-corrected chi connectivity index (χ3v) is 5.33. The van der Waals surface area contributed by atoms with Crippen LogP contribution in [0.1, 0.15) is 26.4 Å². The van der Waals surface area contributed by atoms with Gasteiger partial charge in [0.2, 0.25) is 5.91 Å². The SMILES string of the molecule is O=C(C=Cc1ccoc1)Nc1ccc2c(c1)CN(C(=O)c1cccs1)CC2. The molecule has 5 nitrogen and oxygen atoms in total. The summed E-state index contributed by atoms with van der Waals surface area (Å²) in [5, 5.41) is 4.78. The summed E-state index contributed by atoms with van der Waals surface area (Å²) in [5.74, 6) is -0.147. The molecule has 1 aliphatic rings. The van der Waals surface area contributed by atoms with Gasteiger partial charge in [0, 0.05) is 30.4 Å². The highest BCUT2D eigenvalue weighted by Crippen LogP contribution is 2.25. The molecule has 0 spiro atoms. The van der Waals surface area contributed by atoms with Crippen LogP contribution in [0.3, 0.4) is 0 Å². The second-order valence-corrected chi connectivity index (χ2v) is 7.26. The quantitative estimate of drug-likeness (QED) is 0.693. The van der Waals surface area contributed by atoms with Gasteiger partial charge in [0.15, 0.2) is 0 Å². The van der Waals surface area contributed by atoms with Crippen LogP contribution in [-0.4, -0.2) is 23.3 Å². The Bertz CT molecular complexity index is 975. The van der Waals surface area contributed by atoms with E-state index in [0.717, 1.165) is 28.1 Å². The van der Waals surface area contributed by atoms with Gasteiger partial charge in [-0.05, 0) is 53.3 Å². The highest BCUT2D eigenvalue weighted by molar-refractivity contribution is 7.12. The Balaban J connectivity index is 1.44. The van der Waals surface area contributed by atoms with Crippen molar-refractivity contribution in [2.24, 2.45) is 0 Å². The predicted molar refractivity (Wildman–Crippen MR) is 106 cm³/mol. The first kappa shape index (κ1) is 17.3. The highest BCUT2D eigenvalue weighted by atomic mass is 32.1. The van der Waals surface area contributed by atoms with E-state index in [0.29, 0.717) is 13.1 Å². The lowest BCUT2D eigenvalue weighted by Gasteiger charge is -2.29. The summed E-state index contributed by atoms with van der Waals surface area (Å²) < 4.78 is 4.97. The summed E-state index contributed by atoms with van der Waals surface area (Å²) in [5.41, 5.74) is 3.85. The molecule has 2 aromatic heterocycles. The number of hydrogen-bond acceptors (Lipinski definition) is 4. The van der Waals surface area contributed by atoms with E-state index in [1.54, 1.807) is 24.7 Å². The van der Waals surface area contributed by atoms with Crippen LogP contribution in [0.15, 0.2) is 64.8 Å². The molecule has 1 aliphatic heterocycles. The van der Waals surface area contributed by atoms with Gasteiger partial charge < -0.3 is 14.6 Å². The zero-order valence-corrected chi connectivity index (χ0v) is 15.4. The number of carbonyl (C=O) groups is 2. The van der Waals surface area contributed by atoms with Crippen molar-refractivity contribution < 1.29 is 14.0 Å². The molecule has 136 valence electrons. The number of anilines is 1. The van der Waals surface area contributed by atoms with Crippen LogP contribution in [-0.2, 0) is 17.8 Å². The third kappa shape index (κ3) is 4.01. The van der Waals surface area contributed by atoms with Crippen molar-refractivity contribution >= 4 is 34.9 Å². The van der Waals surface area contributed by atoms with Crippen molar-refractivity contribution in [2.75, 3.05) is 11.9 Å². The number of hydrogen-bond donors (Lipinski definition) is 1. The van der Waals surface area contributed by atoms with Gasteiger partial charge in [0.25, 0.3) is 5.91 Å². The topological polar surface area (TPSA) is 62.6 Å². The first-order valence-electron chi connectivity index (χ1n) is 8.65. The Morgan fingerprint density at radius 2 is 2.11 bits per heavy atom. The maximum absolute atomic E-state index is 12.6. The maximum Gasteiger partial charge on any atom is 0.264 e. The Morgan fingerprint density at radius 3 is 2.89 bits per heavy atom. The average Bonchev–Trinajstić information content (AvgIpc) is 3.39. The second kappa shape index (κ2) is 7.63. The molecule has 0 bridgehead atoms. The maximum atomic E-state index is 12.6. The van der Waals surface area contributed by atoms with Gasteiger partial charge in [-0.3, -0.25) is 9.59 Å². The molecule has 0 radical (unpaired) electrons. The molecule has 27 heavy (non-hydrogen) atoms. The van der Waals surface area contributed by atoms with Gasteiger partial charge in [-0.25, -0.2) is 0 Å². The normalized spacial score (nSPS) is 13.6. The minimum atomic E-state index is -0.210. The van der Waals surface area contributed by atoms with Crippen LogP contribution in [0.25, 0.3) is 6.08 Å². The Hall–Kier alpha value is -3.12. The summed E-state index contributed by atoms with van der Waals surface area (Å²) in [6, 6.07) is 11.4. The number of nitrogens with one attached hydrogen (secondary N) is 1. The lowest BCUT2D eigenvalue weighted by atomic mass is 9.99. The number of nitrogens with zero attached hydrogens (tertiary/aromatic N) is 1. The fourth-order valence-electron chi connectivity index (χ4n) is 3.09. The second-order valence-electron chi connectivity index (χ2n) is 6.32. The van der Waals surface area contributed by atoms with E-state index in [1.807, 2.05) is 40.6 Å². The Morgan fingerprint density at radius 1 is 1.19 bits per heavy atom. The van der Waals surface area contributed by atoms with Gasteiger partial charge in [-0.15, -0.1) is 11.3 Å². The zero-order valence-electron chi connectivity index (χ0n) is 14.6. The van der Waals surface area contributed by atoms with Gasteiger partial charge in [-0.2, -0.15) is 0 Å². The van der Waals surface area contributed by atoms with Crippen molar-refractivity contribution in [2.45, 2.75) is 13.0 Å². The lowest BCUT2D eigenvalue weighted by molar-refractivity contribution is -0.111. The van der Waals surface area contributed by atoms with Crippen molar-refractivity contribution in [3.05, 3.63) is 81.9 Å². The van der Waals surface area contributed by atoms with E-state index in [-0.39, 0.29) is 11.8 Å². The highest BCUT2D eigenvalue weighted by Gasteiger charge is 2.22. The molecule has 4 rings (SSSR count). The van der Waals surface area contributed by atoms with E-state index >= 15 is 0 Å². The summed E-state index contributed by atoms with van der Waals surface area (Å²) in [7, 11) is 0. The number of amides is 2. The van der Waals surface area contributed by atoms with E-state index in [9.17, 15) is 9.59 Å². The summed E-state index contributed by atoms with van der Waals surface area (Å²) in [4.78, 5) is 27.3. The summed E-state index contributed by atoms with van der Waals surface area (Å²) in [6.07, 6.45) is 7.11. The van der Waals surface area contributed by atoms with Gasteiger partial charge in [0.1, 0.15) is 0 Å². The fourth-order valence-corrected chi connectivity index (χ4v) is 3.78. The average molecular weight is 378 g/mol. The van der Waals surface area contributed by atoms with Crippen LogP contribution < -0.4 is 5.32 Å². The summed E-state index contributed by atoms with van der Waals surface area (Å²) >= 11 is 1.46. The molecule has 0 unspecified atom stereocenters. The Kier molecular flexibility index (Phi) is 4.89. The standard InChI is InChI=1S/C21H18N2O3S/c24-20(6-3-15-8-10-26-14-15)22-18-5-4-16-7-9-23(13-17(16)12-18)21(25)19-2-1-11-27-19/h1-6,8,10-12,14H,7,9,13H2,(H,22,24). The van der Waals surface area contributed by atoms with Gasteiger partial charge in [-0.1, -0.05) is 12.1 Å². The van der Waals surface area contributed by atoms with E-state index in [1.165, 1.54) is 23.0 Å². The smallest absolute Gasteiger partial charge is 0.264 e. The number of rotatable bonds is 4. The Labute approximate surface area is 160 Å². The van der Waals surface area contributed by atoms with Crippen LogP contribution in [0.5, 0.6) is 0 Å². The number of benzene rings is 1. The van der Waals surface area contributed by atoms with Crippen LogP contribution in [0, 0.1) is 0 Å². The van der Waals surface area contributed by atoms with Gasteiger partial charge in [0.05, 0.1) is 17.4 Å². The van der Waals surface area contributed by atoms with Crippen molar-refractivity contribution in [1.82, 2.24) is 4.90 Å². The number of fused-ring (bicyclic) bond motifs is 1. The summed E-state index contributed by atoms with van der Waals surface area (Å²) in [6.45, 7) is 1.27. The van der Waals surface area contributed by atoms with Crippen LogP contribution in [0.2, 0.25) is 0 Å². The molecule has 3 aromatic rings. The first-order chi connectivity index (χ1) is 13.2. The molecule has 0 saturated carbocycles. The minimum Gasteiger partial charge on any atom is -0.472 e. The molecule has 0 aliphatic carbocycles. The van der Waals surface area contributed by atoms with E-state index in [2.05, 4.69) is 5.32 Å². The lowest BCUT2D eigenvalue weighted by Crippen LogP contribution is -2.35. The van der Waals surface area contributed by atoms with Crippen LogP contribution >= 0.6 is 11.3 Å². The molecule has 1 aromatic carbocycles. The molecule has 2 amide bonds. The predicted octanol–water partition coefficient (Wildman–Crippen LogP) is 4.19. The van der Waals surface area contributed by atoms with E-state index < -0.39 is 0 Å². The number of thiophene rings is 1. The molecular formula is C21H18N2O3S. The van der Waals surface area contributed by atoms with E-state index in [4.69, 9.17) is 4.42 Å². The number of furan rings is 1. The van der Waals surface area contributed by atoms with Crippen molar-refractivity contribution in [3.63, 3.8) is 0 Å². The monoisotopic (exact) mass is 378 g/mol. The van der Waals surface area contributed by atoms with Gasteiger partial charge >= 0.3 is 0 Å². The number of carbonyl (C=O) groups excluding carboxylic acids is 2. The van der Waals surface area contributed by atoms with Crippen molar-refractivity contribution in [1.29, 1.82) is 0 Å². The van der Waals surface area contributed by atoms with Crippen LogP contribution in [0.4, 0.5) is 5.69 Å². The largest absolute Gasteiger partial charge is 0.472 e. The molecule has 3 heterocycles. The molecule has 0 saturated heterocycles. The molecule has 6 heteroatoms. The third-order valence-electron chi connectivity index (χ3n) is 4.48.